The maximum absolute atomic E-state index is 11.6. The first-order chi connectivity index (χ1) is 12.2. The van der Waals surface area contributed by atoms with Gasteiger partial charge in [-0.25, -0.2) is 0 Å². The number of allylic oxidation sites excluding steroid dienone is 4. The summed E-state index contributed by atoms with van der Waals surface area (Å²) in [5, 5.41) is 0. The minimum absolute atomic E-state index is 0.145. The molecule has 0 bridgehead atoms. The van der Waals surface area contributed by atoms with Gasteiger partial charge in [-0.15, -0.1) is 0 Å². The molecule has 0 N–H and O–H groups in total. The first kappa shape index (κ1) is 18.8. The fraction of sp³-hybridized carbons (Fsp3) is 0.444. The zero-order valence-electron chi connectivity index (χ0n) is 13.9. The van der Waals surface area contributed by atoms with Crippen LogP contribution in [0.3, 0.4) is 0 Å². The second kappa shape index (κ2) is 11.1. The molecule has 0 aliphatic carbocycles. The first-order valence-electron chi connectivity index (χ1n) is 8.10. The average molecular weight is 350 g/mol. The monoisotopic (exact) mass is 350 g/mol. The van der Waals surface area contributed by atoms with Gasteiger partial charge in [0.25, 0.3) is 0 Å². The van der Waals surface area contributed by atoms with E-state index in [1.165, 1.54) is 12.5 Å². The van der Waals surface area contributed by atoms with Gasteiger partial charge >= 0.3 is 11.9 Å². The van der Waals surface area contributed by atoms with Gasteiger partial charge in [0, 0.05) is 0 Å². The minimum atomic E-state index is -0.352. The van der Waals surface area contributed by atoms with E-state index >= 15 is 0 Å². The molecule has 0 aromatic rings. The molecule has 2 heterocycles. The van der Waals surface area contributed by atoms with Crippen LogP contribution < -0.4 is 0 Å². The van der Waals surface area contributed by atoms with Crippen LogP contribution in [0.2, 0.25) is 0 Å². The zero-order chi connectivity index (χ0) is 17.7. The van der Waals surface area contributed by atoms with E-state index in [2.05, 4.69) is 0 Å². The van der Waals surface area contributed by atoms with Gasteiger partial charge in [-0.05, 0) is 24.3 Å². The van der Waals surface area contributed by atoms with E-state index in [-0.39, 0.29) is 63.4 Å². The lowest BCUT2D eigenvalue weighted by Gasteiger charge is -2.14. The number of hydrogen-bond acceptors (Lipinski definition) is 7. The highest BCUT2D eigenvalue weighted by molar-refractivity contribution is 5.70. The van der Waals surface area contributed by atoms with Crippen LogP contribution in [0.15, 0.2) is 49.0 Å². The summed E-state index contributed by atoms with van der Waals surface area (Å²) in [6.07, 6.45) is 13.5. The molecule has 2 atom stereocenters. The van der Waals surface area contributed by atoms with E-state index < -0.39 is 0 Å². The number of rotatable bonds is 10. The topological polar surface area (TPSA) is 80.3 Å². The fourth-order valence-electron chi connectivity index (χ4n) is 2.06. The molecule has 2 aliphatic heterocycles. The molecule has 25 heavy (non-hydrogen) atoms. The standard InChI is InChI=1S/C18H22O7/c19-17(13-15-5-1-3-7-22-15)24-11-9-21-10-12-25-18(20)14-16-6-2-4-8-23-16/h1-8,15-16H,9-14H2. The Morgan fingerprint density at radius 3 is 1.60 bits per heavy atom. The predicted molar refractivity (Wildman–Crippen MR) is 88.3 cm³/mol. The molecule has 7 heteroatoms. The van der Waals surface area contributed by atoms with Crippen LogP contribution in [0.25, 0.3) is 0 Å². The van der Waals surface area contributed by atoms with Gasteiger partial charge in [-0.1, -0.05) is 12.2 Å². The summed E-state index contributed by atoms with van der Waals surface area (Å²) in [5.74, 6) is -0.705. The zero-order valence-corrected chi connectivity index (χ0v) is 13.9. The number of carbonyl (C=O) groups is 2. The molecule has 0 saturated carbocycles. The fourth-order valence-corrected chi connectivity index (χ4v) is 2.06. The van der Waals surface area contributed by atoms with Crippen molar-refractivity contribution in [1.29, 1.82) is 0 Å². The SMILES string of the molecule is O=C(CC1C=CC=CO1)OCCOCCOC(=O)CC1C=CC=CO1. The Balaban J connectivity index is 1.41. The summed E-state index contributed by atoms with van der Waals surface area (Å²) in [6.45, 7) is 0.770. The Bertz CT molecular complexity index is 500. The van der Waals surface area contributed by atoms with Crippen molar-refractivity contribution in [3.8, 4) is 0 Å². The Kier molecular flexibility index (Phi) is 8.34. The second-order valence-electron chi connectivity index (χ2n) is 5.24. The third-order valence-corrected chi connectivity index (χ3v) is 3.25. The molecule has 136 valence electrons. The molecular weight excluding hydrogens is 328 g/mol. The second-order valence-corrected chi connectivity index (χ2v) is 5.24. The summed E-state index contributed by atoms with van der Waals surface area (Å²) in [6, 6.07) is 0. The Morgan fingerprint density at radius 1 is 0.720 bits per heavy atom. The largest absolute Gasteiger partial charge is 0.493 e. The van der Waals surface area contributed by atoms with Gasteiger partial charge < -0.3 is 23.7 Å². The third-order valence-electron chi connectivity index (χ3n) is 3.25. The lowest BCUT2D eigenvalue weighted by Crippen LogP contribution is -2.20. The van der Waals surface area contributed by atoms with Crippen LogP contribution in [0.1, 0.15) is 12.8 Å². The van der Waals surface area contributed by atoms with Gasteiger partial charge in [0.1, 0.15) is 25.4 Å². The van der Waals surface area contributed by atoms with Crippen LogP contribution in [0, 0.1) is 0 Å². The van der Waals surface area contributed by atoms with Gasteiger partial charge in [-0.2, -0.15) is 0 Å². The van der Waals surface area contributed by atoms with Crippen molar-refractivity contribution in [3.05, 3.63) is 49.0 Å². The van der Waals surface area contributed by atoms with Gasteiger partial charge in [0.05, 0.1) is 38.6 Å². The number of hydrogen-bond donors (Lipinski definition) is 0. The summed E-state index contributed by atoms with van der Waals surface area (Å²) in [7, 11) is 0. The molecule has 0 fully saturated rings. The van der Waals surface area contributed by atoms with Crippen molar-refractivity contribution in [1.82, 2.24) is 0 Å². The van der Waals surface area contributed by atoms with Crippen molar-refractivity contribution >= 4 is 11.9 Å². The van der Waals surface area contributed by atoms with Crippen molar-refractivity contribution < 1.29 is 33.3 Å². The molecule has 0 spiro atoms. The van der Waals surface area contributed by atoms with Crippen LogP contribution in [-0.4, -0.2) is 50.6 Å². The van der Waals surface area contributed by atoms with Crippen molar-refractivity contribution in [2.45, 2.75) is 25.0 Å². The first-order valence-corrected chi connectivity index (χ1v) is 8.10. The average Bonchev–Trinajstić information content (AvgIpc) is 2.62. The molecule has 2 aliphatic rings. The molecule has 0 aromatic carbocycles. The number of ether oxygens (including phenoxy) is 5. The quantitative estimate of drug-likeness (QED) is 0.439. The number of carbonyl (C=O) groups excluding carboxylic acids is 2. The van der Waals surface area contributed by atoms with E-state index in [1.54, 1.807) is 24.3 Å². The minimum Gasteiger partial charge on any atom is -0.493 e. The van der Waals surface area contributed by atoms with E-state index in [0.717, 1.165) is 0 Å². The van der Waals surface area contributed by atoms with Crippen molar-refractivity contribution in [2.24, 2.45) is 0 Å². The normalized spacial score (nSPS) is 20.6. The van der Waals surface area contributed by atoms with E-state index in [4.69, 9.17) is 23.7 Å². The highest BCUT2D eigenvalue weighted by atomic mass is 16.6. The summed E-state index contributed by atoms with van der Waals surface area (Å²) < 4.78 is 25.8. The van der Waals surface area contributed by atoms with Crippen molar-refractivity contribution in [3.63, 3.8) is 0 Å². The lowest BCUT2D eigenvalue weighted by atomic mass is 10.2. The Morgan fingerprint density at radius 2 is 1.20 bits per heavy atom. The molecule has 0 amide bonds. The summed E-state index contributed by atoms with van der Waals surface area (Å²) >= 11 is 0. The molecule has 0 saturated heterocycles. The molecule has 7 nitrogen and oxygen atoms in total. The maximum Gasteiger partial charge on any atom is 0.309 e. The summed E-state index contributed by atoms with van der Waals surface area (Å²) in [5.41, 5.74) is 0. The van der Waals surface area contributed by atoms with Crippen LogP contribution in [0.5, 0.6) is 0 Å². The third kappa shape index (κ3) is 8.21. The van der Waals surface area contributed by atoms with Crippen LogP contribution in [-0.2, 0) is 33.3 Å². The van der Waals surface area contributed by atoms with Crippen LogP contribution >= 0.6 is 0 Å². The Hall–Kier alpha value is -2.54. The summed E-state index contributed by atoms with van der Waals surface area (Å²) in [4.78, 5) is 23.1. The van der Waals surface area contributed by atoms with E-state index in [1.807, 2.05) is 12.2 Å². The van der Waals surface area contributed by atoms with Crippen LogP contribution in [0.4, 0.5) is 0 Å². The smallest absolute Gasteiger partial charge is 0.309 e. The molecule has 0 radical (unpaired) electrons. The lowest BCUT2D eigenvalue weighted by molar-refractivity contribution is -0.148. The molecule has 2 unspecified atom stereocenters. The number of esters is 2. The molecule has 2 rings (SSSR count). The molecule has 0 aromatic heterocycles. The molecular formula is C18H22O7. The Labute approximate surface area is 146 Å². The highest BCUT2D eigenvalue weighted by Gasteiger charge is 2.14. The van der Waals surface area contributed by atoms with E-state index in [0.29, 0.717) is 0 Å². The predicted octanol–water partition coefficient (Wildman–Crippen LogP) is 1.81. The highest BCUT2D eigenvalue weighted by Crippen LogP contribution is 2.08. The van der Waals surface area contributed by atoms with Gasteiger partial charge in [-0.3, -0.25) is 9.59 Å². The van der Waals surface area contributed by atoms with Gasteiger partial charge in [0.2, 0.25) is 0 Å². The van der Waals surface area contributed by atoms with Crippen molar-refractivity contribution in [2.75, 3.05) is 26.4 Å². The van der Waals surface area contributed by atoms with E-state index in [9.17, 15) is 9.59 Å². The maximum atomic E-state index is 11.6. The van der Waals surface area contributed by atoms with Gasteiger partial charge in [0.15, 0.2) is 0 Å².